The van der Waals surface area contributed by atoms with Crippen LogP contribution in [0.5, 0.6) is 0 Å². The molecule has 0 radical (unpaired) electrons. The average molecular weight is 292 g/mol. The molecule has 114 valence electrons. The van der Waals surface area contributed by atoms with Crippen LogP contribution in [0, 0.1) is 0 Å². The van der Waals surface area contributed by atoms with Crippen molar-refractivity contribution in [2.45, 2.75) is 0 Å². The van der Waals surface area contributed by atoms with Crippen LogP contribution in [0.15, 0.2) is 72.8 Å². The van der Waals surface area contributed by atoms with Gasteiger partial charge in [0.05, 0.1) is 0 Å². The largest absolute Gasteiger partial charge is 0.312 e. The standard InChI is InChI=1S/C20H24N2/c1-3-9-19(10-4-1)13-7-15-21-17-18-22-16-8-14-20-11-5-2-6-12-20/h1-14,21-22H,15-18H2. The molecule has 2 nitrogen and oxygen atoms in total. The van der Waals surface area contributed by atoms with E-state index in [1.54, 1.807) is 0 Å². The number of hydrogen-bond donors (Lipinski definition) is 2. The van der Waals surface area contributed by atoms with Gasteiger partial charge in [0.25, 0.3) is 0 Å². The van der Waals surface area contributed by atoms with Crippen molar-refractivity contribution in [3.63, 3.8) is 0 Å². The number of nitrogens with one attached hydrogen (secondary N) is 2. The lowest BCUT2D eigenvalue weighted by Crippen LogP contribution is -2.27. The summed E-state index contributed by atoms with van der Waals surface area (Å²) in [7, 11) is 0. The lowest BCUT2D eigenvalue weighted by molar-refractivity contribution is 0.669. The van der Waals surface area contributed by atoms with Crippen molar-refractivity contribution in [1.82, 2.24) is 10.6 Å². The summed E-state index contributed by atoms with van der Waals surface area (Å²) < 4.78 is 0. The topological polar surface area (TPSA) is 24.1 Å². The van der Waals surface area contributed by atoms with Crippen LogP contribution < -0.4 is 10.6 Å². The average Bonchev–Trinajstić information content (AvgIpc) is 2.58. The fraction of sp³-hybridized carbons (Fsp3) is 0.200. The molecule has 0 aliphatic heterocycles. The van der Waals surface area contributed by atoms with Gasteiger partial charge in [0.15, 0.2) is 0 Å². The number of rotatable bonds is 9. The molecule has 0 unspecified atom stereocenters. The summed E-state index contributed by atoms with van der Waals surface area (Å²) in [4.78, 5) is 0. The Morgan fingerprint density at radius 3 is 1.41 bits per heavy atom. The molecule has 0 saturated carbocycles. The summed E-state index contributed by atoms with van der Waals surface area (Å²) in [6.07, 6.45) is 8.60. The molecule has 0 amide bonds. The molecule has 0 aromatic heterocycles. The molecule has 22 heavy (non-hydrogen) atoms. The first-order valence-corrected chi connectivity index (χ1v) is 7.80. The Kier molecular flexibility index (Phi) is 7.78. The van der Waals surface area contributed by atoms with E-state index in [9.17, 15) is 0 Å². The normalized spacial score (nSPS) is 11.5. The second-order valence-corrected chi connectivity index (χ2v) is 5.03. The van der Waals surface area contributed by atoms with Gasteiger partial charge in [0, 0.05) is 26.2 Å². The van der Waals surface area contributed by atoms with Crippen molar-refractivity contribution in [2.24, 2.45) is 0 Å². The molecule has 2 aromatic rings. The third kappa shape index (κ3) is 7.02. The Hall–Kier alpha value is -2.16. The summed E-state index contributed by atoms with van der Waals surface area (Å²) in [6.45, 7) is 3.74. The number of benzene rings is 2. The van der Waals surface area contributed by atoms with E-state index in [1.165, 1.54) is 11.1 Å². The summed E-state index contributed by atoms with van der Waals surface area (Å²) in [6, 6.07) is 20.7. The van der Waals surface area contributed by atoms with Crippen LogP contribution in [-0.4, -0.2) is 26.2 Å². The Morgan fingerprint density at radius 1 is 0.591 bits per heavy atom. The predicted octanol–water partition coefficient (Wildman–Crippen LogP) is 3.59. The Labute approximate surface area is 133 Å². The van der Waals surface area contributed by atoms with Crippen molar-refractivity contribution in [1.29, 1.82) is 0 Å². The molecule has 2 aromatic carbocycles. The van der Waals surface area contributed by atoms with Crippen molar-refractivity contribution in [3.05, 3.63) is 83.9 Å². The second-order valence-electron chi connectivity index (χ2n) is 5.03. The molecular weight excluding hydrogens is 268 g/mol. The van der Waals surface area contributed by atoms with E-state index >= 15 is 0 Å². The second kappa shape index (κ2) is 10.6. The van der Waals surface area contributed by atoms with E-state index in [1.807, 2.05) is 12.1 Å². The molecule has 0 fully saturated rings. The Bertz CT molecular complexity index is 505. The zero-order valence-corrected chi connectivity index (χ0v) is 12.9. The van der Waals surface area contributed by atoms with Gasteiger partial charge >= 0.3 is 0 Å². The first-order chi connectivity index (χ1) is 10.9. The van der Waals surface area contributed by atoms with Gasteiger partial charge in [-0.3, -0.25) is 0 Å². The van der Waals surface area contributed by atoms with Gasteiger partial charge in [0.1, 0.15) is 0 Å². The van der Waals surface area contributed by atoms with Gasteiger partial charge in [-0.25, -0.2) is 0 Å². The smallest absolute Gasteiger partial charge is 0.0138 e. The van der Waals surface area contributed by atoms with Crippen LogP contribution in [0.2, 0.25) is 0 Å². The van der Waals surface area contributed by atoms with Crippen LogP contribution in [0.4, 0.5) is 0 Å². The minimum atomic E-state index is 0.899. The quantitative estimate of drug-likeness (QED) is 0.690. The lowest BCUT2D eigenvalue weighted by atomic mass is 10.2. The van der Waals surface area contributed by atoms with Crippen LogP contribution in [0.3, 0.4) is 0 Å². The fourth-order valence-electron chi connectivity index (χ4n) is 2.07. The molecule has 2 N–H and O–H groups in total. The van der Waals surface area contributed by atoms with Gasteiger partial charge in [-0.1, -0.05) is 85.0 Å². The predicted molar refractivity (Wildman–Crippen MR) is 96.7 cm³/mol. The molecule has 2 heteroatoms. The number of hydrogen-bond acceptors (Lipinski definition) is 2. The monoisotopic (exact) mass is 292 g/mol. The van der Waals surface area contributed by atoms with Crippen molar-refractivity contribution in [3.8, 4) is 0 Å². The first kappa shape index (κ1) is 16.2. The highest BCUT2D eigenvalue weighted by Crippen LogP contribution is 2.00. The zero-order valence-electron chi connectivity index (χ0n) is 12.9. The van der Waals surface area contributed by atoms with E-state index in [4.69, 9.17) is 0 Å². The highest BCUT2D eigenvalue weighted by atomic mass is 14.9. The lowest BCUT2D eigenvalue weighted by Gasteiger charge is -2.02. The van der Waals surface area contributed by atoms with Gasteiger partial charge < -0.3 is 10.6 Å². The van der Waals surface area contributed by atoms with Crippen LogP contribution in [0.1, 0.15) is 11.1 Å². The maximum absolute atomic E-state index is 3.39. The molecule has 0 atom stereocenters. The van der Waals surface area contributed by atoms with E-state index in [2.05, 4.69) is 83.5 Å². The minimum absolute atomic E-state index is 0.899. The van der Waals surface area contributed by atoms with Crippen molar-refractivity contribution >= 4 is 12.2 Å². The van der Waals surface area contributed by atoms with E-state index in [0.717, 1.165) is 26.2 Å². The maximum atomic E-state index is 3.39. The van der Waals surface area contributed by atoms with Crippen LogP contribution in [0.25, 0.3) is 12.2 Å². The van der Waals surface area contributed by atoms with Crippen molar-refractivity contribution < 1.29 is 0 Å². The minimum Gasteiger partial charge on any atom is -0.312 e. The fourth-order valence-corrected chi connectivity index (χ4v) is 2.07. The molecule has 0 aliphatic carbocycles. The zero-order chi connectivity index (χ0) is 15.3. The van der Waals surface area contributed by atoms with E-state index < -0.39 is 0 Å². The molecule has 0 bridgehead atoms. The van der Waals surface area contributed by atoms with Gasteiger partial charge in [-0.2, -0.15) is 0 Å². The van der Waals surface area contributed by atoms with Gasteiger partial charge in [-0.05, 0) is 11.1 Å². The third-order valence-electron chi connectivity index (χ3n) is 3.22. The van der Waals surface area contributed by atoms with Gasteiger partial charge in [0.2, 0.25) is 0 Å². The summed E-state index contributed by atoms with van der Waals surface area (Å²) in [5.41, 5.74) is 2.49. The summed E-state index contributed by atoms with van der Waals surface area (Å²) in [5.74, 6) is 0. The van der Waals surface area contributed by atoms with Crippen LogP contribution in [-0.2, 0) is 0 Å². The van der Waals surface area contributed by atoms with Crippen LogP contribution >= 0.6 is 0 Å². The maximum Gasteiger partial charge on any atom is 0.0138 e. The molecule has 0 spiro atoms. The summed E-state index contributed by atoms with van der Waals surface area (Å²) >= 11 is 0. The Morgan fingerprint density at radius 2 is 1.00 bits per heavy atom. The molecule has 0 heterocycles. The van der Waals surface area contributed by atoms with E-state index in [-0.39, 0.29) is 0 Å². The Balaban J connectivity index is 1.48. The van der Waals surface area contributed by atoms with Crippen molar-refractivity contribution in [2.75, 3.05) is 26.2 Å². The molecule has 0 aliphatic rings. The first-order valence-electron chi connectivity index (χ1n) is 7.80. The highest BCUT2D eigenvalue weighted by molar-refractivity contribution is 5.49. The molecule has 2 rings (SSSR count). The summed E-state index contributed by atoms with van der Waals surface area (Å²) in [5, 5.41) is 6.78. The van der Waals surface area contributed by atoms with E-state index in [0.29, 0.717) is 0 Å². The SMILES string of the molecule is C(=Cc1ccccc1)CNCCNCC=Cc1ccccc1. The third-order valence-corrected chi connectivity index (χ3v) is 3.22. The van der Waals surface area contributed by atoms with Gasteiger partial charge in [-0.15, -0.1) is 0 Å². The molecule has 0 saturated heterocycles. The molecular formula is C20H24N2. The highest BCUT2D eigenvalue weighted by Gasteiger charge is 1.86.